The van der Waals surface area contributed by atoms with Gasteiger partial charge in [-0.3, -0.25) is 9.59 Å². The summed E-state index contributed by atoms with van der Waals surface area (Å²) in [5.41, 5.74) is 2.66. The van der Waals surface area contributed by atoms with Crippen molar-refractivity contribution in [3.8, 4) is 0 Å². The van der Waals surface area contributed by atoms with E-state index in [0.717, 1.165) is 11.1 Å². The maximum atomic E-state index is 12.7. The quantitative estimate of drug-likeness (QED) is 0.718. The number of carbonyl (C=O) groups excluding carboxylic acids is 2. The molecule has 0 saturated carbocycles. The number of hydrogen-bond donors (Lipinski definition) is 0. The molecule has 2 aromatic rings. The Morgan fingerprint density at radius 3 is 2.15 bits per heavy atom. The Kier molecular flexibility index (Phi) is 7.55. The van der Waals surface area contributed by atoms with Crippen LogP contribution in [0.3, 0.4) is 0 Å². The van der Waals surface area contributed by atoms with E-state index in [4.69, 9.17) is 4.74 Å². The van der Waals surface area contributed by atoms with Crippen molar-refractivity contribution in [2.24, 2.45) is 0 Å². The third-order valence-corrected chi connectivity index (χ3v) is 4.36. The largest absolute Gasteiger partial charge is 0.364 e. The van der Waals surface area contributed by atoms with Crippen molar-refractivity contribution >= 4 is 11.8 Å². The summed E-state index contributed by atoms with van der Waals surface area (Å²) in [7, 11) is 3.45. The molecule has 0 heterocycles. The first-order valence-electron chi connectivity index (χ1n) is 9.17. The van der Waals surface area contributed by atoms with Gasteiger partial charge < -0.3 is 14.5 Å². The van der Waals surface area contributed by atoms with Crippen LogP contribution in [0.2, 0.25) is 0 Å². The summed E-state index contributed by atoms with van der Waals surface area (Å²) < 4.78 is 5.75. The van der Waals surface area contributed by atoms with E-state index in [1.165, 1.54) is 0 Å². The summed E-state index contributed by atoms with van der Waals surface area (Å²) in [6.45, 7) is 5.23. The van der Waals surface area contributed by atoms with Gasteiger partial charge in [0.15, 0.2) is 0 Å². The van der Waals surface area contributed by atoms with Crippen LogP contribution in [-0.2, 0) is 22.7 Å². The molecule has 144 valence electrons. The monoisotopic (exact) mass is 368 g/mol. The summed E-state index contributed by atoms with van der Waals surface area (Å²) in [4.78, 5) is 28.0. The average molecular weight is 368 g/mol. The van der Waals surface area contributed by atoms with E-state index in [1.807, 2.05) is 49.4 Å². The summed E-state index contributed by atoms with van der Waals surface area (Å²) in [6, 6.07) is 17.2. The van der Waals surface area contributed by atoms with Gasteiger partial charge in [0.2, 0.25) is 0 Å². The van der Waals surface area contributed by atoms with Gasteiger partial charge in [0.1, 0.15) is 6.10 Å². The van der Waals surface area contributed by atoms with Crippen LogP contribution in [0.4, 0.5) is 0 Å². The molecule has 1 atom stereocenters. The topological polar surface area (TPSA) is 49.9 Å². The molecule has 0 N–H and O–H groups in total. The van der Waals surface area contributed by atoms with Crippen LogP contribution in [0.15, 0.2) is 54.6 Å². The molecule has 0 spiro atoms. The Morgan fingerprint density at radius 2 is 1.59 bits per heavy atom. The lowest BCUT2D eigenvalue weighted by Gasteiger charge is -2.25. The number of ether oxygens (including phenoxy) is 1. The predicted octanol–water partition coefficient (Wildman–Crippen LogP) is 3.34. The predicted molar refractivity (Wildman–Crippen MR) is 106 cm³/mol. The fraction of sp³-hybridized carbons (Fsp3) is 0.364. The highest BCUT2D eigenvalue weighted by Gasteiger charge is 2.20. The van der Waals surface area contributed by atoms with E-state index in [2.05, 4.69) is 0 Å². The van der Waals surface area contributed by atoms with Gasteiger partial charge in [0, 0.05) is 32.7 Å². The van der Waals surface area contributed by atoms with E-state index in [0.29, 0.717) is 25.3 Å². The minimum absolute atomic E-state index is 0.0343. The molecule has 2 aromatic carbocycles. The van der Waals surface area contributed by atoms with Crippen molar-refractivity contribution in [2.45, 2.75) is 33.1 Å². The summed E-state index contributed by atoms with van der Waals surface area (Å²) in [5.74, 6) is -0.0743. The van der Waals surface area contributed by atoms with Gasteiger partial charge in [-0.2, -0.15) is 0 Å². The van der Waals surface area contributed by atoms with Gasteiger partial charge in [0.05, 0.1) is 6.61 Å². The van der Waals surface area contributed by atoms with Crippen molar-refractivity contribution in [3.05, 3.63) is 71.3 Å². The lowest BCUT2D eigenvalue weighted by molar-refractivity contribution is -0.143. The molecule has 27 heavy (non-hydrogen) atoms. The van der Waals surface area contributed by atoms with Crippen LogP contribution in [0.1, 0.15) is 35.3 Å². The number of hydrogen-bond acceptors (Lipinski definition) is 3. The highest BCUT2D eigenvalue weighted by molar-refractivity contribution is 5.93. The molecule has 0 fully saturated rings. The molecule has 2 rings (SSSR count). The molecular weight excluding hydrogens is 340 g/mol. The maximum Gasteiger partial charge on any atom is 0.253 e. The number of carbonyl (C=O) groups is 2. The third-order valence-electron chi connectivity index (χ3n) is 4.36. The number of rotatable bonds is 8. The lowest BCUT2D eigenvalue weighted by atomic mass is 10.1. The first kappa shape index (κ1) is 20.6. The van der Waals surface area contributed by atoms with E-state index in [1.54, 1.807) is 43.0 Å². The van der Waals surface area contributed by atoms with E-state index in [9.17, 15) is 9.59 Å². The first-order valence-corrected chi connectivity index (χ1v) is 9.17. The van der Waals surface area contributed by atoms with E-state index >= 15 is 0 Å². The second-order valence-corrected chi connectivity index (χ2v) is 6.69. The second kappa shape index (κ2) is 9.88. The zero-order valence-corrected chi connectivity index (χ0v) is 16.5. The summed E-state index contributed by atoms with van der Waals surface area (Å²) >= 11 is 0. The smallest absolute Gasteiger partial charge is 0.253 e. The van der Waals surface area contributed by atoms with Crippen molar-refractivity contribution in [1.29, 1.82) is 0 Å². The van der Waals surface area contributed by atoms with Crippen molar-refractivity contribution < 1.29 is 14.3 Å². The Hall–Kier alpha value is -2.66. The van der Waals surface area contributed by atoms with Gasteiger partial charge >= 0.3 is 0 Å². The third kappa shape index (κ3) is 5.93. The van der Waals surface area contributed by atoms with Crippen LogP contribution < -0.4 is 0 Å². The average Bonchev–Trinajstić information content (AvgIpc) is 2.70. The molecule has 0 radical (unpaired) electrons. The fourth-order valence-corrected chi connectivity index (χ4v) is 2.70. The SMILES string of the molecule is CCN(Cc1ccc(C(=O)N(C)C)cc1)C(=O)C(C)OCc1ccccc1. The Labute approximate surface area is 161 Å². The lowest BCUT2D eigenvalue weighted by Crippen LogP contribution is -2.38. The minimum Gasteiger partial charge on any atom is -0.364 e. The van der Waals surface area contributed by atoms with Gasteiger partial charge in [-0.1, -0.05) is 42.5 Å². The second-order valence-electron chi connectivity index (χ2n) is 6.69. The Balaban J connectivity index is 1.94. The highest BCUT2D eigenvalue weighted by atomic mass is 16.5. The maximum absolute atomic E-state index is 12.7. The Bertz CT molecular complexity index is 742. The van der Waals surface area contributed by atoms with Crippen LogP contribution >= 0.6 is 0 Å². The molecule has 0 saturated heterocycles. The van der Waals surface area contributed by atoms with E-state index in [-0.39, 0.29) is 11.8 Å². The first-order chi connectivity index (χ1) is 12.9. The summed E-state index contributed by atoms with van der Waals surface area (Å²) in [5, 5.41) is 0. The van der Waals surface area contributed by atoms with Crippen LogP contribution in [0, 0.1) is 0 Å². The zero-order chi connectivity index (χ0) is 19.8. The van der Waals surface area contributed by atoms with Crippen LogP contribution in [0.5, 0.6) is 0 Å². The molecule has 0 aliphatic rings. The highest BCUT2D eigenvalue weighted by Crippen LogP contribution is 2.12. The van der Waals surface area contributed by atoms with Crippen molar-refractivity contribution in [1.82, 2.24) is 9.80 Å². The molecule has 0 aromatic heterocycles. The standard InChI is InChI=1S/C22H28N2O3/c1-5-24(15-18-11-13-20(14-12-18)22(26)23(3)4)21(25)17(2)27-16-19-9-7-6-8-10-19/h6-14,17H,5,15-16H2,1-4H3. The molecule has 0 aliphatic carbocycles. The number of likely N-dealkylation sites (N-methyl/N-ethyl adjacent to an activating group) is 1. The van der Waals surface area contributed by atoms with Gasteiger partial charge in [-0.05, 0) is 37.1 Å². The summed E-state index contributed by atoms with van der Waals surface area (Å²) in [6.07, 6.45) is -0.514. The van der Waals surface area contributed by atoms with Crippen molar-refractivity contribution in [3.63, 3.8) is 0 Å². The number of nitrogens with zero attached hydrogens (tertiary/aromatic N) is 2. The number of benzene rings is 2. The molecule has 2 amide bonds. The van der Waals surface area contributed by atoms with Gasteiger partial charge in [-0.15, -0.1) is 0 Å². The minimum atomic E-state index is -0.514. The normalized spacial score (nSPS) is 11.7. The molecular formula is C22H28N2O3. The van der Waals surface area contributed by atoms with Crippen molar-refractivity contribution in [2.75, 3.05) is 20.6 Å². The number of amides is 2. The Morgan fingerprint density at radius 1 is 0.963 bits per heavy atom. The molecule has 0 bridgehead atoms. The molecule has 5 nitrogen and oxygen atoms in total. The van der Waals surface area contributed by atoms with Gasteiger partial charge in [0.25, 0.3) is 11.8 Å². The van der Waals surface area contributed by atoms with E-state index < -0.39 is 6.10 Å². The van der Waals surface area contributed by atoms with Crippen LogP contribution in [0.25, 0.3) is 0 Å². The molecule has 1 unspecified atom stereocenters. The molecule has 5 heteroatoms. The fourth-order valence-electron chi connectivity index (χ4n) is 2.70. The molecule has 0 aliphatic heterocycles. The van der Waals surface area contributed by atoms with Crippen LogP contribution in [-0.4, -0.2) is 48.4 Å². The van der Waals surface area contributed by atoms with Gasteiger partial charge in [-0.25, -0.2) is 0 Å². The zero-order valence-electron chi connectivity index (χ0n) is 16.5.